The molecular weight excluding hydrogens is 328 g/mol. The average Bonchev–Trinajstić information content (AvgIpc) is 2.50. The van der Waals surface area contributed by atoms with Crippen LogP contribution in [-0.2, 0) is 19.2 Å². The molecule has 4 N–H and O–H groups in total. The number of carboxylic acid groups (broad SMARTS) is 2. The van der Waals surface area contributed by atoms with Gasteiger partial charge in [-0.25, -0.2) is 4.79 Å². The molecular formula is C13H16N2O7S. The number of aliphatic hydroxyl groups excluding tert-OH is 1. The Balaban J connectivity index is 1.98. The van der Waals surface area contributed by atoms with Crippen molar-refractivity contribution in [3.05, 3.63) is 11.3 Å². The Morgan fingerprint density at radius 1 is 1.26 bits per heavy atom. The number of thioether (sulfide) groups is 1. The van der Waals surface area contributed by atoms with Crippen molar-refractivity contribution in [1.29, 1.82) is 0 Å². The van der Waals surface area contributed by atoms with E-state index in [-0.39, 0.29) is 36.3 Å². The van der Waals surface area contributed by atoms with Crippen molar-refractivity contribution in [2.45, 2.75) is 30.7 Å². The van der Waals surface area contributed by atoms with E-state index in [1.807, 2.05) is 0 Å². The Morgan fingerprint density at radius 2 is 1.96 bits per heavy atom. The minimum absolute atomic E-state index is 0.0169. The molecule has 0 aromatic heterocycles. The molecule has 2 aliphatic heterocycles. The maximum Gasteiger partial charge on any atom is 0.352 e. The maximum absolute atomic E-state index is 12.1. The smallest absolute Gasteiger partial charge is 0.352 e. The summed E-state index contributed by atoms with van der Waals surface area (Å²) in [5.41, 5.74) is 0.0379. The Morgan fingerprint density at radius 3 is 2.52 bits per heavy atom. The zero-order valence-electron chi connectivity index (χ0n) is 12.0. The van der Waals surface area contributed by atoms with Crippen LogP contribution in [0.5, 0.6) is 0 Å². The lowest BCUT2D eigenvalue weighted by molar-refractivity contribution is -0.150. The highest BCUT2D eigenvalue weighted by Gasteiger charge is 2.53. The maximum atomic E-state index is 12.1. The Kier molecular flexibility index (Phi) is 5.26. The fraction of sp³-hybridized carbons (Fsp3) is 0.538. The first kappa shape index (κ1) is 17.3. The van der Waals surface area contributed by atoms with Gasteiger partial charge in [0.25, 0.3) is 5.91 Å². The highest BCUT2D eigenvalue weighted by molar-refractivity contribution is 8.00. The SMILES string of the molecule is O=C(O)CCCC(=O)N[C@@H]1C(=O)N2C(C(=O)O)=C(CO)CS[C@@H]12. The molecule has 0 bridgehead atoms. The van der Waals surface area contributed by atoms with Crippen molar-refractivity contribution < 1.29 is 34.5 Å². The van der Waals surface area contributed by atoms with E-state index >= 15 is 0 Å². The standard InChI is InChI=1S/C13H16N2O7S/c16-4-6-5-23-12-9(11(20)15(12)10(6)13(21)22)14-7(17)2-1-3-8(18)19/h9,12,16H,1-5H2,(H,14,17)(H,18,19)(H,21,22)/t9-,12+/m1/s1. The molecule has 2 atom stereocenters. The van der Waals surface area contributed by atoms with Crippen LogP contribution in [0.2, 0.25) is 0 Å². The molecule has 2 rings (SSSR count). The summed E-state index contributed by atoms with van der Waals surface area (Å²) in [6.07, 6.45) is 0.0115. The highest BCUT2D eigenvalue weighted by atomic mass is 32.2. The van der Waals surface area contributed by atoms with Crippen molar-refractivity contribution in [3.8, 4) is 0 Å². The minimum Gasteiger partial charge on any atom is -0.481 e. The van der Waals surface area contributed by atoms with Crippen molar-refractivity contribution >= 4 is 35.5 Å². The third-order valence-electron chi connectivity index (χ3n) is 3.55. The van der Waals surface area contributed by atoms with Crippen LogP contribution < -0.4 is 5.32 Å². The molecule has 0 aliphatic carbocycles. The average molecular weight is 344 g/mol. The van der Waals surface area contributed by atoms with E-state index in [1.54, 1.807) is 0 Å². The molecule has 0 aromatic rings. The van der Waals surface area contributed by atoms with Crippen molar-refractivity contribution in [2.75, 3.05) is 12.4 Å². The number of hydrogen-bond donors (Lipinski definition) is 4. The number of carboxylic acids is 2. The minimum atomic E-state index is -1.29. The first-order valence-electron chi connectivity index (χ1n) is 6.88. The van der Waals surface area contributed by atoms with Gasteiger partial charge in [-0.3, -0.25) is 19.3 Å². The van der Waals surface area contributed by atoms with E-state index in [1.165, 1.54) is 11.8 Å². The van der Waals surface area contributed by atoms with Gasteiger partial charge in [0.05, 0.1) is 6.61 Å². The molecule has 0 aromatic carbocycles. The van der Waals surface area contributed by atoms with Crippen LogP contribution in [0.25, 0.3) is 0 Å². The number of rotatable bonds is 7. The second-order valence-corrected chi connectivity index (χ2v) is 6.22. The number of aliphatic carboxylic acids is 2. The summed E-state index contributed by atoms with van der Waals surface area (Å²) in [4.78, 5) is 46.6. The Labute approximate surface area is 135 Å². The summed E-state index contributed by atoms with van der Waals surface area (Å²) < 4.78 is 0. The summed E-state index contributed by atoms with van der Waals surface area (Å²) in [6, 6.07) is -0.827. The fourth-order valence-electron chi connectivity index (χ4n) is 2.45. The van der Waals surface area contributed by atoms with Crippen LogP contribution in [0.15, 0.2) is 11.3 Å². The molecule has 2 heterocycles. The molecule has 10 heteroatoms. The number of β-lactam (4-membered cyclic amide) rings is 1. The first-order chi connectivity index (χ1) is 10.9. The number of carbonyl (C=O) groups excluding carboxylic acids is 2. The monoisotopic (exact) mass is 344 g/mol. The molecule has 0 saturated carbocycles. The van der Waals surface area contributed by atoms with Crippen LogP contribution in [0.1, 0.15) is 19.3 Å². The predicted molar refractivity (Wildman–Crippen MR) is 78.3 cm³/mol. The van der Waals surface area contributed by atoms with Gasteiger partial charge >= 0.3 is 11.9 Å². The number of amides is 2. The molecule has 0 spiro atoms. The van der Waals surface area contributed by atoms with Gasteiger partial charge in [0.1, 0.15) is 17.1 Å². The third kappa shape index (κ3) is 3.48. The summed E-state index contributed by atoms with van der Waals surface area (Å²) in [5.74, 6) is -3.02. The number of fused-ring (bicyclic) bond motifs is 1. The van der Waals surface area contributed by atoms with Gasteiger partial charge in [0.2, 0.25) is 5.91 Å². The summed E-state index contributed by atoms with van der Waals surface area (Å²) in [6.45, 7) is -0.447. The number of aliphatic hydroxyl groups is 1. The second-order valence-electron chi connectivity index (χ2n) is 5.12. The molecule has 0 radical (unpaired) electrons. The molecule has 1 saturated heterocycles. The van der Waals surface area contributed by atoms with E-state index in [4.69, 9.17) is 5.11 Å². The van der Waals surface area contributed by atoms with E-state index in [0.717, 1.165) is 4.90 Å². The summed E-state index contributed by atoms with van der Waals surface area (Å²) in [7, 11) is 0. The molecule has 1 fully saturated rings. The largest absolute Gasteiger partial charge is 0.481 e. The lowest BCUT2D eigenvalue weighted by Crippen LogP contribution is -2.70. The quantitative estimate of drug-likeness (QED) is 0.429. The van der Waals surface area contributed by atoms with Gasteiger partial charge in [-0.15, -0.1) is 11.8 Å². The molecule has 0 unspecified atom stereocenters. The number of nitrogens with zero attached hydrogens (tertiary/aromatic N) is 1. The van der Waals surface area contributed by atoms with E-state index in [2.05, 4.69) is 5.32 Å². The highest BCUT2D eigenvalue weighted by Crippen LogP contribution is 2.40. The summed E-state index contributed by atoms with van der Waals surface area (Å²) >= 11 is 1.26. The van der Waals surface area contributed by atoms with Crippen molar-refractivity contribution in [3.63, 3.8) is 0 Å². The lowest BCUT2D eigenvalue weighted by Gasteiger charge is -2.49. The third-order valence-corrected chi connectivity index (χ3v) is 4.89. The summed E-state index contributed by atoms with van der Waals surface area (Å²) in [5, 5.41) is 28.9. The van der Waals surface area contributed by atoms with Gasteiger partial charge in [0, 0.05) is 18.6 Å². The zero-order chi connectivity index (χ0) is 17.1. The van der Waals surface area contributed by atoms with E-state index < -0.39 is 41.8 Å². The Bertz CT molecular complexity index is 589. The Hall–Kier alpha value is -2.07. The van der Waals surface area contributed by atoms with Gasteiger partial charge in [-0.1, -0.05) is 0 Å². The zero-order valence-corrected chi connectivity index (χ0v) is 12.8. The van der Waals surface area contributed by atoms with Crippen molar-refractivity contribution in [2.24, 2.45) is 0 Å². The molecule has 2 aliphatic rings. The van der Waals surface area contributed by atoms with Gasteiger partial charge < -0.3 is 20.6 Å². The molecule has 9 nitrogen and oxygen atoms in total. The number of hydrogen-bond acceptors (Lipinski definition) is 6. The van der Waals surface area contributed by atoms with Crippen LogP contribution in [0, 0.1) is 0 Å². The van der Waals surface area contributed by atoms with Gasteiger partial charge in [0.15, 0.2) is 0 Å². The molecule has 126 valence electrons. The number of carbonyl (C=O) groups is 4. The fourth-order valence-corrected chi connectivity index (χ4v) is 3.79. The van der Waals surface area contributed by atoms with Gasteiger partial charge in [-0.2, -0.15) is 0 Å². The van der Waals surface area contributed by atoms with E-state index in [0.29, 0.717) is 0 Å². The molecule has 2 amide bonds. The van der Waals surface area contributed by atoms with Gasteiger partial charge in [-0.05, 0) is 12.0 Å². The van der Waals surface area contributed by atoms with Crippen LogP contribution >= 0.6 is 11.8 Å². The predicted octanol–water partition coefficient (Wildman–Crippen LogP) is -1.03. The van der Waals surface area contributed by atoms with Crippen LogP contribution in [0.4, 0.5) is 0 Å². The second kappa shape index (κ2) is 7.01. The topological polar surface area (TPSA) is 144 Å². The number of nitrogens with one attached hydrogen (secondary N) is 1. The first-order valence-corrected chi connectivity index (χ1v) is 7.93. The van der Waals surface area contributed by atoms with Crippen molar-refractivity contribution in [1.82, 2.24) is 10.2 Å². The normalized spacial score (nSPS) is 23.2. The lowest BCUT2D eigenvalue weighted by atomic mass is 10.0. The molecule has 23 heavy (non-hydrogen) atoms. The van der Waals surface area contributed by atoms with Crippen LogP contribution in [0.3, 0.4) is 0 Å². The van der Waals surface area contributed by atoms with E-state index in [9.17, 15) is 29.4 Å². The van der Waals surface area contributed by atoms with Crippen LogP contribution in [-0.4, -0.2) is 67.7 Å².